The highest BCUT2D eigenvalue weighted by Crippen LogP contribution is 2.15. The molecule has 1 atom stereocenters. The normalized spacial score (nSPS) is 12.3. The third-order valence-corrected chi connectivity index (χ3v) is 3.24. The third kappa shape index (κ3) is 4.09. The molecule has 1 aromatic rings. The van der Waals surface area contributed by atoms with Gasteiger partial charge in [-0.3, -0.25) is 9.59 Å². The van der Waals surface area contributed by atoms with E-state index < -0.39 is 11.9 Å². The van der Waals surface area contributed by atoms with Crippen molar-refractivity contribution in [1.82, 2.24) is 5.32 Å². The Labute approximate surface area is 114 Å². The number of rotatable bonds is 5. The van der Waals surface area contributed by atoms with Gasteiger partial charge in [0.25, 0.3) is 0 Å². The Morgan fingerprint density at radius 3 is 2.16 bits per heavy atom. The molecule has 0 bridgehead atoms. The second kappa shape index (κ2) is 6.36. The quantitative estimate of drug-likeness (QED) is 0.843. The molecule has 1 aromatic carbocycles. The molecule has 0 aromatic heterocycles. The minimum atomic E-state index is -0.658. The molecular formula is C15H22N2O2. The highest BCUT2D eigenvalue weighted by atomic mass is 16.2. The summed E-state index contributed by atoms with van der Waals surface area (Å²) in [5, 5.41) is 2.71. The summed E-state index contributed by atoms with van der Waals surface area (Å²) in [4.78, 5) is 23.2. The van der Waals surface area contributed by atoms with Crippen molar-refractivity contribution in [3.05, 3.63) is 34.9 Å². The summed E-state index contributed by atoms with van der Waals surface area (Å²) in [6, 6.07) is 5.30. The number of primary amides is 1. The van der Waals surface area contributed by atoms with Crippen LogP contribution in [0.25, 0.3) is 0 Å². The zero-order valence-electron chi connectivity index (χ0n) is 12.0. The largest absolute Gasteiger partial charge is 0.368 e. The van der Waals surface area contributed by atoms with E-state index in [2.05, 4.69) is 5.32 Å². The smallest absolute Gasteiger partial charge is 0.240 e. The van der Waals surface area contributed by atoms with Gasteiger partial charge in [-0.05, 0) is 30.5 Å². The summed E-state index contributed by atoms with van der Waals surface area (Å²) < 4.78 is 0. The fraction of sp³-hybridized carbons (Fsp3) is 0.467. The van der Waals surface area contributed by atoms with Crippen LogP contribution < -0.4 is 11.1 Å². The average Bonchev–Trinajstić information content (AvgIpc) is 2.31. The summed E-state index contributed by atoms with van der Waals surface area (Å²) in [7, 11) is 0. The first-order valence-corrected chi connectivity index (χ1v) is 6.47. The fourth-order valence-corrected chi connectivity index (χ4v) is 1.94. The lowest BCUT2D eigenvalue weighted by Gasteiger charge is -2.19. The van der Waals surface area contributed by atoms with Crippen LogP contribution in [0.5, 0.6) is 0 Å². The van der Waals surface area contributed by atoms with Gasteiger partial charge < -0.3 is 11.1 Å². The van der Waals surface area contributed by atoms with Crippen LogP contribution in [0.15, 0.2) is 18.2 Å². The van der Waals surface area contributed by atoms with Gasteiger partial charge in [0.15, 0.2) is 0 Å². The van der Waals surface area contributed by atoms with Crippen LogP contribution in [0.4, 0.5) is 0 Å². The first kappa shape index (κ1) is 15.2. The molecule has 0 aliphatic carbocycles. The number of carbonyl (C=O) groups is 2. The Morgan fingerprint density at radius 1 is 1.21 bits per heavy atom. The SMILES string of the molecule is Cc1cccc(C)c1C[C@@H](NC(=O)C(C)C)C(N)=O. The van der Waals surface area contributed by atoms with Crippen LogP contribution in [-0.2, 0) is 16.0 Å². The van der Waals surface area contributed by atoms with E-state index in [4.69, 9.17) is 5.73 Å². The summed E-state index contributed by atoms with van der Waals surface area (Å²) in [6.45, 7) is 7.55. The number of nitrogens with one attached hydrogen (secondary N) is 1. The first-order valence-electron chi connectivity index (χ1n) is 6.47. The lowest BCUT2D eigenvalue weighted by molar-refractivity contribution is -0.129. The zero-order valence-corrected chi connectivity index (χ0v) is 12.0. The van der Waals surface area contributed by atoms with Gasteiger partial charge in [0, 0.05) is 12.3 Å². The Balaban J connectivity index is 2.91. The van der Waals surface area contributed by atoms with Gasteiger partial charge in [-0.15, -0.1) is 0 Å². The highest BCUT2D eigenvalue weighted by molar-refractivity contribution is 5.87. The molecule has 0 radical (unpaired) electrons. The van der Waals surface area contributed by atoms with Gasteiger partial charge >= 0.3 is 0 Å². The lowest BCUT2D eigenvalue weighted by atomic mass is 9.96. The van der Waals surface area contributed by atoms with Crippen molar-refractivity contribution < 1.29 is 9.59 Å². The van der Waals surface area contributed by atoms with E-state index >= 15 is 0 Å². The second-order valence-electron chi connectivity index (χ2n) is 5.19. The summed E-state index contributed by atoms with van der Waals surface area (Å²) in [5.74, 6) is -0.827. The lowest BCUT2D eigenvalue weighted by Crippen LogP contribution is -2.47. The monoisotopic (exact) mass is 262 g/mol. The Hall–Kier alpha value is -1.84. The maximum absolute atomic E-state index is 11.7. The van der Waals surface area contributed by atoms with Crippen molar-refractivity contribution in [3.63, 3.8) is 0 Å². The van der Waals surface area contributed by atoms with E-state index in [1.807, 2.05) is 32.0 Å². The van der Waals surface area contributed by atoms with Crippen molar-refractivity contribution in [2.24, 2.45) is 11.7 Å². The highest BCUT2D eigenvalue weighted by Gasteiger charge is 2.21. The molecule has 0 unspecified atom stereocenters. The van der Waals surface area contributed by atoms with Crippen molar-refractivity contribution in [2.75, 3.05) is 0 Å². The summed E-state index contributed by atoms with van der Waals surface area (Å²) in [5.41, 5.74) is 8.65. The van der Waals surface area contributed by atoms with Crippen molar-refractivity contribution >= 4 is 11.8 Å². The van der Waals surface area contributed by atoms with Crippen molar-refractivity contribution in [2.45, 2.75) is 40.2 Å². The summed E-state index contributed by atoms with van der Waals surface area (Å²) in [6.07, 6.45) is 0.437. The number of hydrogen-bond donors (Lipinski definition) is 2. The third-order valence-electron chi connectivity index (χ3n) is 3.24. The maximum atomic E-state index is 11.7. The van der Waals surface area contributed by atoms with Gasteiger partial charge in [0.1, 0.15) is 6.04 Å². The van der Waals surface area contributed by atoms with Crippen molar-refractivity contribution in [3.8, 4) is 0 Å². The molecule has 3 N–H and O–H groups in total. The number of amides is 2. The van der Waals surface area contributed by atoms with Crippen LogP contribution in [0.2, 0.25) is 0 Å². The topological polar surface area (TPSA) is 72.2 Å². The number of nitrogens with two attached hydrogens (primary N) is 1. The van der Waals surface area contributed by atoms with E-state index in [0.29, 0.717) is 6.42 Å². The molecule has 19 heavy (non-hydrogen) atoms. The van der Waals surface area contributed by atoms with Crippen molar-refractivity contribution in [1.29, 1.82) is 0 Å². The van der Waals surface area contributed by atoms with Gasteiger partial charge in [-0.25, -0.2) is 0 Å². The molecule has 0 aliphatic heterocycles. The van der Waals surface area contributed by atoms with Gasteiger partial charge in [-0.1, -0.05) is 32.0 Å². The maximum Gasteiger partial charge on any atom is 0.240 e. The molecular weight excluding hydrogens is 240 g/mol. The molecule has 0 aliphatic rings. The summed E-state index contributed by atoms with van der Waals surface area (Å²) >= 11 is 0. The van der Waals surface area contributed by atoms with Crippen LogP contribution >= 0.6 is 0 Å². The van der Waals surface area contributed by atoms with E-state index in [9.17, 15) is 9.59 Å². The van der Waals surface area contributed by atoms with E-state index in [-0.39, 0.29) is 11.8 Å². The van der Waals surface area contributed by atoms with Gasteiger partial charge in [0.2, 0.25) is 11.8 Å². The number of aryl methyl sites for hydroxylation is 2. The van der Waals surface area contributed by atoms with E-state index in [0.717, 1.165) is 16.7 Å². The zero-order chi connectivity index (χ0) is 14.6. The Morgan fingerprint density at radius 2 is 1.74 bits per heavy atom. The number of carbonyl (C=O) groups excluding carboxylic acids is 2. The van der Waals surface area contributed by atoms with E-state index in [1.165, 1.54) is 0 Å². The average molecular weight is 262 g/mol. The number of hydrogen-bond acceptors (Lipinski definition) is 2. The van der Waals surface area contributed by atoms with Gasteiger partial charge in [-0.2, -0.15) is 0 Å². The van der Waals surface area contributed by atoms with Crippen LogP contribution in [0.3, 0.4) is 0 Å². The van der Waals surface area contributed by atoms with E-state index in [1.54, 1.807) is 13.8 Å². The molecule has 0 spiro atoms. The Bertz CT molecular complexity index is 461. The molecule has 4 nitrogen and oxygen atoms in total. The van der Waals surface area contributed by atoms with Crippen LogP contribution in [-0.4, -0.2) is 17.9 Å². The molecule has 104 valence electrons. The molecule has 2 amide bonds. The molecule has 4 heteroatoms. The molecule has 1 rings (SSSR count). The first-order chi connectivity index (χ1) is 8.82. The predicted molar refractivity (Wildman–Crippen MR) is 75.6 cm³/mol. The molecule has 0 heterocycles. The standard InChI is InChI=1S/C15H22N2O2/c1-9(2)15(19)17-13(14(16)18)8-12-10(3)6-5-7-11(12)4/h5-7,9,13H,8H2,1-4H3,(H2,16,18)(H,17,19)/t13-/m1/s1. The van der Waals surface area contributed by atoms with Gasteiger partial charge in [0.05, 0.1) is 0 Å². The molecule has 0 fully saturated rings. The molecule has 0 saturated heterocycles. The predicted octanol–water partition coefficient (Wildman–Crippen LogP) is 1.47. The molecule has 0 saturated carbocycles. The van der Waals surface area contributed by atoms with Crippen LogP contribution in [0, 0.1) is 19.8 Å². The second-order valence-corrected chi connectivity index (χ2v) is 5.19. The van der Waals surface area contributed by atoms with Crippen LogP contribution in [0.1, 0.15) is 30.5 Å². The minimum absolute atomic E-state index is 0.157. The number of benzene rings is 1. The minimum Gasteiger partial charge on any atom is -0.368 e. The Kier molecular flexibility index (Phi) is 5.10. The fourth-order valence-electron chi connectivity index (χ4n) is 1.94.